The van der Waals surface area contributed by atoms with Crippen LogP contribution in [0.5, 0.6) is 0 Å². The fourth-order valence-corrected chi connectivity index (χ4v) is 2.61. The summed E-state index contributed by atoms with van der Waals surface area (Å²) >= 11 is 0. The minimum absolute atomic E-state index is 0.213. The molecule has 3 heterocycles. The van der Waals surface area contributed by atoms with Crippen LogP contribution >= 0.6 is 0 Å². The van der Waals surface area contributed by atoms with E-state index in [1.807, 2.05) is 11.1 Å². The Labute approximate surface area is 124 Å². The van der Waals surface area contributed by atoms with E-state index < -0.39 is 0 Å². The molecule has 1 aromatic rings. The number of hydrogen-bond donors (Lipinski definition) is 1. The summed E-state index contributed by atoms with van der Waals surface area (Å²) < 4.78 is 5.24. The molecule has 2 fully saturated rings. The van der Waals surface area contributed by atoms with Crippen molar-refractivity contribution in [1.29, 1.82) is 0 Å². The Kier molecular flexibility index (Phi) is 4.62. The van der Waals surface area contributed by atoms with E-state index in [9.17, 15) is 4.79 Å². The molecule has 0 bridgehead atoms. The van der Waals surface area contributed by atoms with Crippen LogP contribution in [-0.4, -0.2) is 60.5 Å². The minimum Gasteiger partial charge on any atom is -0.379 e. The van der Waals surface area contributed by atoms with E-state index >= 15 is 0 Å². The molecule has 1 amide bonds. The second kappa shape index (κ2) is 6.82. The van der Waals surface area contributed by atoms with Crippen molar-refractivity contribution in [1.82, 2.24) is 20.6 Å². The molecule has 114 valence electrons. The van der Waals surface area contributed by atoms with Gasteiger partial charge in [0.2, 0.25) is 0 Å². The number of hydrogen-bond acceptors (Lipinski definition) is 6. The lowest BCUT2D eigenvalue weighted by Gasteiger charge is -2.27. The fraction of sp³-hybridized carbons (Fsp3) is 0.643. The Morgan fingerprint density at radius 1 is 1.05 bits per heavy atom. The molecule has 7 heteroatoms. The van der Waals surface area contributed by atoms with Crippen molar-refractivity contribution in [3.05, 3.63) is 17.8 Å². The van der Waals surface area contributed by atoms with E-state index in [-0.39, 0.29) is 5.91 Å². The van der Waals surface area contributed by atoms with Crippen molar-refractivity contribution in [3.8, 4) is 0 Å². The Bertz CT molecular complexity index is 467. The summed E-state index contributed by atoms with van der Waals surface area (Å²) in [5, 5.41) is 10.1. The third-order valence-electron chi connectivity index (χ3n) is 3.83. The van der Waals surface area contributed by atoms with Gasteiger partial charge in [0.1, 0.15) is 0 Å². The maximum atomic E-state index is 12.1. The molecule has 21 heavy (non-hydrogen) atoms. The number of carbonyl (C=O) groups is 1. The summed E-state index contributed by atoms with van der Waals surface area (Å²) in [5.41, 5.74) is 3.18. The highest BCUT2D eigenvalue weighted by Crippen LogP contribution is 2.16. The largest absolute Gasteiger partial charge is 0.379 e. The van der Waals surface area contributed by atoms with Gasteiger partial charge in [0, 0.05) is 26.2 Å². The molecule has 2 aliphatic heterocycles. The summed E-state index contributed by atoms with van der Waals surface area (Å²) in [6.45, 7) is 4.72. The number of hydrazine groups is 1. The monoisotopic (exact) mass is 291 g/mol. The van der Waals surface area contributed by atoms with Crippen molar-refractivity contribution in [2.75, 3.05) is 44.3 Å². The molecule has 3 rings (SSSR count). The van der Waals surface area contributed by atoms with Gasteiger partial charge in [-0.05, 0) is 31.4 Å². The first-order valence-electron chi connectivity index (χ1n) is 7.55. The molecule has 0 radical (unpaired) electrons. The third-order valence-corrected chi connectivity index (χ3v) is 3.83. The smallest absolute Gasteiger partial charge is 0.286 e. The van der Waals surface area contributed by atoms with Crippen molar-refractivity contribution in [3.63, 3.8) is 0 Å². The minimum atomic E-state index is -0.213. The standard InChI is InChI=1S/C14H21N5O2/c20-14(17-19-8-10-21-11-9-19)12-4-5-13(16-15-12)18-6-2-1-3-7-18/h4-5H,1-3,6-11H2,(H,17,20). The van der Waals surface area contributed by atoms with Gasteiger partial charge in [-0.2, -0.15) is 0 Å². The first kappa shape index (κ1) is 14.2. The number of piperidine rings is 1. The van der Waals surface area contributed by atoms with Crippen LogP contribution in [0.25, 0.3) is 0 Å². The van der Waals surface area contributed by atoms with Crippen molar-refractivity contribution in [2.45, 2.75) is 19.3 Å². The summed E-state index contributed by atoms with van der Waals surface area (Å²) in [4.78, 5) is 14.3. The van der Waals surface area contributed by atoms with Crippen molar-refractivity contribution in [2.24, 2.45) is 0 Å². The Hall–Kier alpha value is -1.73. The number of nitrogens with zero attached hydrogens (tertiary/aromatic N) is 4. The molecular formula is C14H21N5O2. The summed E-state index contributed by atoms with van der Waals surface area (Å²) in [6.07, 6.45) is 3.67. The van der Waals surface area contributed by atoms with Gasteiger partial charge < -0.3 is 9.64 Å². The highest BCUT2D eigenvalue weighted by molar-refractivity contribution is 5.91. The molecule has 0 atom stereocenters. The number of rotatable bonds is 3. The van der Waals surface area contributed by atoms with Crippen LogP contribution in [0.15, 0.2) is 12.1 Å². The molecule has 7 nitrogen and oxygen atoms in total. The first-order chi connectivity index (χ1) is 10.3. The number of amides is 1. The van der Waals surface area contributed by atoms with Crippen molar-refractivity contribution < 1.29 is 9.53 Å². The number of ether oxygens (including phenoxy) is 1. The number of aromatic nitrogens is 2. The SMILES string of the molecule is O=C(NN1CCOCC1)c1ccc(N2CCCCC2)nn1. The first-order valence-corrected chi connectivity index (χ1v) is 7.55. The quantitative estimate of drug-likeness (QED) is 0.871. The van der Waals surface area contributed by atoms with E-state index in [0.29, 0.717) is 32.0 Å². The molecule has 1 N–H and O–H groups in total. The lowest BCUT2D eigenvalue weighted by Crippen LogP contribution is -2.48. The Morgan fingerprint density at radius 2 is 1.81 bits per heavy atom. The second-order valence-electron chi connectivity index (χ2n) is 5.36. The molecule has 1 aromatic heterocycles. The molecule has 0 aliphatic carbocycles. The predicted molar refractivity (Wildman–Crippen MR) is 78.0 cm³/mol. The molecule has 0 saturated carbocycles. The van der Waals surface area contributed by atoms with Gasteiger partial charge in [-0.25, -0.2) is 5.01 Å². The van der Waals surface area contributed by atoms with Gasteiger partial charge in [-0.3, -0.25) is 10.2 Å². The molecular weight excluding hydrogens is 270 g/mol. The topological polar surface area (TPSA) is 70.6 Å². The van der Waals surface area contributed by atoms with Crippen LogP contribution in [0.4, 0.5) is 5.82 Å². The van der Waals surface area contributed by atoms with Crippen LogP contribution in [0.1, 0.15) is 29.8 Å². The zero-order valence-electron chi connectivity index (χ0n) is 12.1. The van der Waals surface area contributed by atoms with Gasteiger partial charge in [0.05, 0.1) is 13.2 Å². The number of nitrogens with one attached hydrogen (secondary N) is 1. The Morgan fingerprint density at radius 3 is 2.48 bits per heavy atom. The van der Waals surface area contributed by atoms with Crippen LogP contribution in [0.3, 0.4) is 0 Å². The van der Waals surface area contributed by atoms with Crippen LogP contribution in [-0.2, 0) is 4.74 Å². The van der Waals surface area contributed by atoms with Gasteiger partial charge in [-0.15, -0.1) is 10.2 Å². The second-order valence-corrected chi connectivity index (χ2v) is 5.36. The fourth-order valence-electron chi connectivity index (χ4n) is 2.61. The van der Waals surface area contributed by atoms with Gasteiger partial charge >= 0.3 is 0 Å². The van der Waals surface area contributed by atoms with E-state index in [0.717, 1.165) is 18.9 Å². The zero-order chi connectivity index (χ0) is 14.5. The van der Waals surface area contributed by atoms with E-state index in [1.54, 1.807) is 6.07 Å². The van der Waals surface area contributed by atoms with Gasteiger partial charge in [0.15, 0.2) is 11.5 Å². The molecule has 0 unspecified atom stereocenters. The van der Waals surface area contributed by atoms with Gasteiger partial charge in [0.25, 0.3) is 5.91 Å². The Balaban J connectivity index is 1.58. The van der Waals surface area contributed by atoms with E-state index in [2.05, 4.69) is 20.5 Å². The maximum Gasteiger partial charge on any atom is 0.286 e. The third kappa shape index (κ3) is 3.68. The van der Waals surface area contributed by atoms with Crippen LogP contribution in [0.2, 0.25) is 0 Å². The van der Waals surface area contributed by atoms with E-state index in [4.69, 9.17) is 4.74 Å². The number of carbonyl (C=O) groups excluding carboxylic acids is 1. The number of anilines is 1. The summed E-state index contributed by atoms with van der Waals surface area (Å²) in [6, 6.07) is 3.62. The van der Waals surface area contributed by atoms with Crippen LogP contribution < -0.4 is 10.3 Å². The van der Waals surface area contributed by atoms with Crippen LogP contribution in [0, 0.1) is 0 Å². The summed E-state index contributed by atoms with van der Waals surface area (Å²) in [7, 11) is 0. The average Bonchev–Trinajstić information content (AvgIpc) is 2.57. The highest BCUT2D eigenvalue weighted by atomic mass is 16.5. The molecule has 0 spiro atoms. The van der Waals surface area contributed by atoms with Gasteiger partial charge in [-0.1, -0.05) is 0 Å². The lowest BCUT2D eigenvalue weighted by atomic mass is 10.1. The van der Waals surface area contributed by atoms with Crippen molar-refractivity contribution >= 4 is 11.7 Å². The molecule has 2 saturated heterocycles. The maximum absolute atomic E-state index is 12.1. The highest BCUT2D eigenvalue weighted by Gasteiger charge is 2.17. The molecule has 0 aromatic carbocycles. The lowest BCUT2D eigenvalue weighted by molar-refractivity contribution is 0.0124. The predicted octanol–water partition coefficient (Wildman–Crippen LogP) is 0.444. The average molecular weight is 291 g/mol. The number of morpholine rings is 1. The summed E-state index contributed by atoms with van der Waals surface area (Å²) in [5.74, 6) is 0.646. The zero-order valence-corrected chi connectivity index (χ0v) is 12.1. The normalized spacial score (nSPS) is 20.3. The molecule has 2 aliphatic rings. The van der Waals surface area contributed by atoms with E-state index in [1.165, 1.54) is 19.3 Å².